The van der Waals surface area contributed by atoms with Gasteiger partial charge in [0.2, 0.25) is 11.8 Å². The lowest BCUT2D eigenvalue weighted by atomic mass is 10.3. The molecule has 0 aliphatic heterocycles. The highest BCUT2D eigenvalue weighted by Crippen LogP contribution is 1.95. The number of nitrogens with zero attached hydrogens (tertiary/aromatic N) is 1. The molecule has 0 rings (SSSR count). The van der Waals surface area contributed by atoms with Gasteiger partial charge in [-0.1, -0.05) is 0 Å². The van der Waals surface area contributed by atoms with Gasteiger partial charge in [-0.25, -0.2) is 0 Å². The number of nitrogens with two attached hydrogens (primary N) is 1. The minimum absolute atomic E-state index is 0.0361. The zero-order valence-corrected chi connectivity index (χ0v) is 9.14. The minimum atomic E-state index is -1.19. The molecule has 0 radical (unpaired) electrons. The Balaban J connectivity index is 4.20. The van der Waals surface area contributed by atoms with E-state index in [1.54, 1.807) is 6.92 Å². The summed E-state index contributed by atoms with van der Waals surface area (Å²) in [5, 5.41) is 8.54. The predicted octanol–water partition coefficient (Wildman–Crippen LogP) is -1.19. The van der Waals surface area contributed by atoms with Crippen molar-refractivity contribution in [1.82, 2.24) is 4.90 Å². The number of carboxylic acid groups (broad SMARTS) is 1. The lowest BCUT2D eigenvalue weighted by molar-refractivity contribution is -0.146. The molecule has 7 heteroatoms. The topological polar surface area (TPSA) is 110 Å². The zero-order chi connectivity index (χ0) is 12.6. The zero-order valence-electron chi connectivity index (χ0n) is 9.14. The molecule has 0 saturated heterocycles. The second kappa shape index (κ2) is 7.63. The van der Waals surface area contributed by atoms with Gasteiger partial charge in [0.25, 0.3) is 0 Å². The van der Waals surface area contributed by atoms with Crippen molar-refractivity contribution in [2.75, 3.05) is 26.3 Å². The summed E-state index contributed by atoms with van der Waals surface area (Å²) >= 11 is 0. The van der Waals surface area contributed by atoms with E-state index in [0.717, 1.165) is 4.90 Å². The van der Waals surface area contributed by atoms with Gasteiger partial charge in [0.05, 0.1) is 19.6 Å². The smallest absolute Gasteiger partial charge is 0.323 e. The normalized spacial score (nSPS) is 9.81. The standard InChI is InChI=1S/C9H16N2O5/c1-2-16-4-3-8(13)11(5-7(10)12)6-9(14)15/h2-6H2,1H3,(H2,10,12)(H,14,15). The van der Waals surface area contributed by atoms with Crippen LogP contribution in [0, 0.1) is 0 Å². The average Bonchev–Trinajstić information content (AvgIpc) is 2.15. The first-order chi connectivity index (χ1) is 7.47. The van der Waals surface area contributed by atoms with Gasteiger partial charge in [0, 0.05) is 6.61 Å². The van der Waals surface area contributed by atoms with Crippen molar-refractivity contribution in [3.8, 4) is 0 Å². The fourth-order valence-electron chi connectivity index (χ4n) is 1.05. The van der Waals surface area contributed by atoms with Gasteiger partial charge in [-0.05, 0) is 6.92 Å². The summed E-state index contributed by atoms with van der Waals surface area (Å²) in [5.41, 5.74) is 4.90. The first-order valence-electron chi connectivity index (χ1n) is 4.83. The van der Waals surface area contributed by atoms with Gasteiger partial charge in [-0.3, -0.25) is 14.4 Å². The number of amides is 2. The van der Waals surface area contributed by atoms with Crippen LogP contribution in [0.4, 0.5) is 0 Å². The average molecular weight is 232 g/mol. The maximum Gasteiger partial charge on any atom is 0.323 e. The molecular weight excluding hydrogens is 216 g/mol. The molecule has 0 aliphatic rings. The Morgan fingerprint density at radius 2 is 1.94 bits per heavy atom. The summed E-state index contributed by atoms with van der Waals surface area (Å²) in [4.78, 5) is 33.4. The SMILES string of the molecule is CCOCCC(=O)N(CC(N)=O)CC(=O)O. The van der Waals surface area contributed by atoms with Gasteiger partial charge in [0.1, 0.15) is 6.54 Å². The van der Waals surface area contributed by atoms with E-state index in [9.17, 15) is 14.4 Å². The summed E-state index contributed by atoms with van der Waals surface area (Å²) < 4.78 is 4.95. The first-order valence-corrected chi connectivity index (χ1v) is 4.83. The van der Waals surface area contributed by atoms with E-state index in [2.05, 4.69) is 0 Å². The van der Waals surface area contributed by atoms with Crippen molar-refractivity contribution in [2.45, 2.75) is 13.3 Å². The minimum Gasteiger partial charge on any atom is -0.480 e. The Morgan fingerprint density at radius 1 is 1.31 bits per heavy atom. The summed E-state index contributed by atoms with van der Waals surface area (Å²) in [6.07, 6.45) is 0.0361. The Bertz CT molecular complexity index is 251. The van der Waals surface area contributed by atoms with Crippen LogP contribution in [0.25, 0.3) is 0 Å². The first kappa shape index (κ1) is 14.4. The second-order valence-corrected chi connectivity index (χ2v) is 3.06. The molecule has 0 aliphatic carbocycles. The van der Waals surface area contributed by atoms with Crippen molar-refractivity contribution in [2.24, 2.45) is 5.73 Å². The van der Waals surface area contributed by atoms with Gasteiger partial charge in [-0.15, -0.1) is 0 Å². The summed E-state index contributed by atoms with van der Waals surface area (Å²) in [7, 11) is 0. The van der Waals surface area contributed by atoms with Crippen LogP contribution in [0.2, 0.25) is 0 Å². The number of ether oxygens (including phenoxy) is 1. The summed E-state index contributed by atoms with van der Waals surface area (Å²) in [6.45, 7) is 1.53. The Labute approximate surface area is 93.2 Å². The quantitative estimate of drug-likeness (QED) is 0.511. The van der Waals surface area contributed by atoms with Gasteiger partial charge < -0.3 is 20.5 Å². The fraction of sp³-hybridized carbons (Fsp3) is 0.667. The van der Waals surface area contributed by atoms with E-state index in [0.29, 0.717) is 6.61 Å². The highest BCUT2D eigenvalue weighted by molar-refractivity contribution is 5.86. The number of aliphatic carboxylic acids is 1. The van der Waals surface area contributed by atoms with E-state index in [-0.39, 0.29) is 13.0 Å². The number of carboxylic acids is 1. The molecule has 2 amide bonds. The summed E-state index contributed by atoms with van der Waals surface area (Å²) in [6, 6.07) is 0. The molecule has 7 nitrogen and oxygen atoms in total. The molecule has 0 heterocycles. The lowest BCUT2D eigenvalue weighted by Crippen LogP contribution is -2.41. The largest absolute Gasteiger partial charge is 0.480 e. The van der Waals surface area contributed by atoms with Gasteiger partial charge in [0.15, 0.2) is 0 Å². The molecule has 0 saturated carbocycles. The van der Waals surface area contributed by atoms with Crippen LogP contribution in [-0.2, 0) is 19.1 Å². The van der Waals surface area contributed by atoms with Crippen molar-refractivity contribution >= 4 is 17.8 Å². The third-order valence-electron chi connectivity index (χ3n) is 1.69. The van der Waals surface area contributed by atoms with Crippen molar-refractivity contribution in [3.05, 3.63) is 0 Å². The van der Waals surface area contributed by atoms with Crippen LogP contribution in [0.3, 0.4) is 0 Å². The van der Waals surface area contributed by atoms with Crippen LogP contribution in [0.5, 0.6) is 0 Å². The van der Waals surface area contributed by atoms with E-state index in [4.69, 9.17) is 15.6 Å². The van der Waals surface area contributed by atoms with E-state index in [1.807, 2.05) is 0 Å². The molecule has 0 aromatic rings. The van der Waals surface area contributed by atoms with E-state index < -0.39 is 30.9 Å². The maximum atomic E-state index is 11.5. The lowest BCUT2D eigenvalue weighted by Gasteiger charge is -2.18. The molecular formula is C9H16N2O5. The fourth-order valence-corrected chi connectivity index (χ4v) is 1.05. The van der Waals surface area contributed by atoms with E-state index in [1.165, 1.54) is 0 Å². The van der Waals surface area contributed by atoms with Crippen molar-refractivity contribution in [3.63, 3.8) is 0 Å². The molecule has 0 fully saturated rings. The number of rotatable bonds is 8. The number of primary amides is 1. The molecule has 0 bridgehead atoms. The molecule has 0 atom stereocenters. The third-order valence-corrected chi connectivity index (χ3v) is 1.69. The molecule has 3 N–H and O–H groups in total. The maximum absolute atomic E-state index is 11.5. The number of hydrogen-bond acceptors (Lipinski definition) is 4. The Morgan fingerprint density at radius 3 is 2.38 bits per heavy atom. The van der Waals surface area contributed by atoms with Crippen LogP contribution < -0.4 is 5.73 Å². The van der Waals surface area contributed by atoms with Crippen LogP contribution in [0.1, 0.15) is 13.3 Å². The molecule has 0 aromatic heterocycles. The molecule has 16 heavy (non-hydrogen) atoms. The molecule has 0 aromatic carbocycles. The Kier molecular flexibility index (Phi) is 6.86. The highest BCUT2D eigenvalue weighted by Gasteiger charge is 2.18. The number of hydrogen-bond donors (Lipinski definition) is 2. The monoisotopic (exact) mass is 232 g/mol. The van der Waals surface area contributed by atoms with E-state index >= 15 is 0 Å². The van der Waals surface area contributed by atoms with Gasteiger partial charge >= 0.3 is 5.97 Å². The van der Waals surface area contributed by atoms with Crippen molar-refractivity contribution in [1.29, 1.82) is 0 Å². The third kappa shape index (κ3) is 6.77. The highest BCUT2D eigenvalue weighted by atomic mass is 16.5. The number of carbonyl (C=O) groups is 3. The van der Waals surface area contributed by atoms with Crippen molar-refractivity contribution < 1.29 is 24.2 Å². The predicted molar refractivity (Wildman–Crippen MR) is 54.5 cm³/mol. The van der Waals surface area contributed by atoms with Crippen LogP contribution in [-0.4, -0.2) is 54.1 Å². The molecule has 0 unspecified atom stereocenters. The van der Waals surface area contributed by atoms with Crippen LogP contribution >= 0.6 is 0 Å². The van der Waals surface area contributed by atoms with Gasteiger partial charge in [-0.2, -0.15) is 0 Å². The molecule has 92 valence electrons. The summed E-state index contributed by atoms with van der Waals surface area (Å²) in [5.74, 6) is -2.40. The second-order valence-electron chi connectivity index (χ2n) is 3.06. The van der Waals surface area contributed by atoms with Crippen LogP contribution in [0.15, 0.2) is 0 Å². The molecule has 0 spiro atoms. The Hall–Kier alpha value is -1.63. The number of carbonyl (C=O) groups excluding carboxylic acids is 2.